The fraction of sp³-hybridized carbons (Fsp3) is 0.562. The van der Waals surface area contributed by atoms with Crippen LogP contribution in [0, 0.1) is 0 Å². The second kappa shape index (κ2) is 5.58. The van der Waals surface area contributed by atoms with Crippen LogP contribution < -0.4 is 0 Å². The molecule has 1 aromatic rings. The van der Waals surface area contributed by atoms with Crippen molar-refractivity contribution < 1.29 is 9.53 Å². The minimum Gasteiger partial charge on any atom is -0.367 e. The minimum atomic E-state index is -0.226. The Labute approximate surface area is 129 Å². The van der Waals surface area contributed by atoms with Gasteiger partial charge in [-0.05, 0) is 33.8 Å². The van der Waals surface area contributed by atoms with E-state index in [1.807, 2.05) is 24.3 Å². The van der Waals surface area contributed by atoms with E-state index >= 15 is 0 Å². The first-order chi connectivity index (χ1) is 9.19. The van der Waals surface area contributed by atoms with E-state index in [9.17, 15) is 4.79 Å². The van der Waals surface area contributed by atoms with Gasteiger partial charge in [-0.15, -0.1) is 0 Å². The van der Waals surface area contributed by atoms with Crippen molar-refractivity contribution in [2.45, 2.75) is 38.9 Å². The highest BCUT2D eigenvalue weighted by molar-refractivity contribution is 9.10. The molecule has 0 amide bonds. The van der Waals surface area contributed by atoms with E-state index in [1.54, 1.807) is 0 Å². The van der Waals surface area contributed by atoms with Crippen LogP contribution in [-0.4, -0.2) is 41.5 Å². The van der Waals surface area contributed by atoms with Gasteiger partial charge in [-0.2, -0.15) is 0 Å². The first-order valence-corrected chi connectivity index (χ1v) is 7.68. The summed E-state index contributed by atoms with van der Waals surface area (Å²) in [7, 11) is 0. The first kappa shape index (κ1) is 15.7. The smallest absolute Gasteiger partial charge is 0.177 e. The van der Waals surface area contributed by atoms with Crippen molar-refractivity contribution in [2.75, 3.05) is 19.6 Å². The monoisotopic (exact) mass is 339 g/mol. The van der Waals surface area contributed by atoms with Gasteiger partial charge < -0.3 is 4.74 Å². The number of carbonyl (C=O) groups excluding carboxylic acids is 1. The van der Waals surface area contributed by atoms with Crippen LogP contribution in [0.4, 0.5) is 0 Å². The lowest BCUT2D eigenvalue weighted by molar-refractivity contribution is -0.178. The number of ether oxygens (including phenoxy) is 1. The molecule has 0 aliphatic carbocycles. The van der Waals surface area contributed by atoms with Crippen molar-refractivity contribution in [3.8, 4) is 0 Å². The highest BCUT2D eigenvalue weighted by atomic mass is 79.9. The molecular weight excluding hydrogens is 318 g/mol. The Hall–Kier alpha value is -0.710. The molecule has 1 aliphatic rings. The molecule has 1 saturated heterocycles. The Bertz CT molecular complexity index is 495. The molecule has 0 aromatic heterocycles. The summed E-state index contributed by atoms with van der Waals surface area (Å²) < 4.78 is 6.90. The van der Waals surface area contributed by atoms with E-state index in [2.05, 4.69) is 48.5 Å². The average molecular weight is 340 g/mol. The average Bonchev–Trinajstić information content (AvgIpc) is 2.24. The predicted octanol–water partition coefficient (Wildman–Crippen LogP) is 3.52. The van der Waals surface area contributed by atoms with Crippen molar-refractivity contribution in [2.24, 2.45) is 0 Å². The van der Waals surface area contributed by atoms with Crippen LogP contribution in [0.5, 0.6) is 0 Å². The summed E-state index contributed by atoms with van der Waals surface area (Å²) >= 11 is 3.44. The molecule has 4 heteroatoms. The Kier molecular flexibility index (Phi) is 4.38. The van der Waals surface area contributed by atoms with Gasteiger partial charge in [0.15, 0.2) is 5.78 Å². The number of hydrogen-bond acceptors (Lipinski definition) is 3. The van der Waals surface area contributed by atoms with Gasteiger partial charge in [0.1, 0.15) is 0 Å². The quantitative estimate of drug-likeness (QED) is 0.789. The molecule has 1 aliphatic heterocycles. The third kappa shape index (κ3) is 3.90. The predicted molar refractivity (Wildman–Crippen MR) is 84.2 cm³/mol. The molecule has 0 bridgehead atoms. The summed E-state index contributed by atoms with van der Waals surface area (Å²) in [6, 6.07) is 7.58. The van der Waals surface area contributed by atoms with E-state index in [-0.39, 0.29) is 17.0 Å². The van der Waals surface area contributed by atoms with Crippen molar-refractivity contribution in [1.29, 1.82) is 0 Å². The normalized spacial score (nSPS) is 21.6. The molecule has 0 saturated carbocycles. The largest absolute Gasteiger partial charge is 0.367 e. The second-order valence-electron chi connectivity index (χ2n) is 6.67. The molecule has 110 valence electrons. The summed E-state index contributed by atoms with van der Waals surface area (Å²) in [6.07, 6.45) is 0. The number of carbonyl (C=O) groups is 1. The van der Waals surface area contributed by atoms with Gasteiger partial charge >= 0.3 is 0 Å². The van der Waals surface area contributed by atoms with Crippen molar-refractivity contribution >= 4 is 21.7 Å². The van der Waals surface area contributed by atoms with Gasteiger partial charge in [-0.25, -0.2) is 0 Å². The topological polar surface area (TPSA) is 29.5 Å². The number of ketones is 1. The lowest BCUT2D eigenvalue weighted by Gasteiger charge is -2.47. The molecule has 3 nitrogen and oxygen atoms in total. The summed E-state index contributed by atoms with van der Waals surface area (Å²) in [5, 5.41) is 0. The minimum absolute atomic E-state index is 0.144. The third-order valence-corrected chi connectivity index (χ3v) is 3.99. The Balaban J connectivity index is 2.10. The van der Waals surface area contributed by atoms with Crippen molar-refractivity contribution in [3.63, 3.8) is 0 Å². The molecule has 0 radical (unpaired) electrons. The third-order valence-electron chi connectivity index (χ3n) is 3.30. The van der Waals surface area contributed by atoms with E-state index < -0.39 is 0 Å². The molecule has 1 aromatic carbocycles. The summed E-state index contributed by atoms with van der Waals surface area (Å²) in [6.45, 7) is 10.3. The highest BCUT2D eigenvalue weighted by Crippen LogP contribution is 2.28. The molecule has 0 N–H and O–H groups in total. The lowest BCUT2D eigenvalue weighted by Crippen LogP contribution is -2.58. The molecule has 0 spiro atoms. The number of hydrogen-bond donors (Lipinski definition) is 0. The molecule has 20 heavy (non-hydrogen) atoms. The van der Waals surface area contributed by atoms with E-state index in [0.717, 1.165) is 23.1 Å². The van der Waals surface area contributed by atoms with Crippen molar-refractivity contribution in [3.05, 3.63) is 34.3 Å². The van der Waals surface area contributed by atoms with E-state index in [0.29, 0.717) is 6.54 Å². The maximum absolute atomic E-state index is 12.4. The molecule has 1 fully saturated rings. The van der Waals surface area contributed by atoms with Gasteiger partial charge in [0.25, 0.3) is 0 Å². The number of halogens is 1. The number of Topliss-reactive ketones (excluding diaryl/α,β-unsaturated/α-hetero) is 1. The number of rotatable bonds is 3. The number of nitrogens with zero attached hydrogens (tertiary/aromatic N) is 1. The maximum Gasteiger partial charge on any atom is 0.177 e. The number of morpholine rings is 1. The zero-order valence-corrected chi connectivity index (χ0v) is 14.2. The Morgan fingerprint density at radius 2 is 1.75 bits per heavy atom. The van der Waals surface area contributed by atoms with Crippen LogP contribution in [0.2, 0.25) is 0 Å². The van der Waals surface area contributed by atoms with E-state index in [1.165, 1.54) is 0 Å². The van der Waals surface area contributed by atoms with Gasteiger partial charge in [0, 0.05) is 23.1 Å². The second-order valence-corrected chi connectivity index (χ2v) is 7.52. The van der Waals surface area contributed by atoms with Crippen LogP contribution in [-0.2, 0) is 4.74 Å². The van der Waals surface area contributed by atoms with Crippen molar-refractivity contribution in [1.82, 2.24) is 4.90 Å². The lowest BCUT2D eigenvalue weighted by atomic mass is 9.98. The molecule has 0 atom stereocenters. The van der Waals surface area contributed by atoms with Crippen LogP contribution in [0.25, 0.3) is 0 Å². The molecular formula is C16H22BrNO2. The van der Waals surface area contributed by atoms with Crippen LogP contribution in [0.15, 0.2) is 28.7 Å². The SMILES string of the molecule is CC1(C)CN(CC(=O)c2ccccc2Br)CC(C)(C)O1. The van der Waals surface area contributed by atoms with Gasteiger partial charge in [-0.3, -0.25) is 9.69 Å². The Morgan fingerprint density at radius 1 is 1.20 bits per heavy atom. The molecule has 2 rings (SSSR count). The number of benzene rings is 1. The molecule has 1 heterocycles. The first-order valence-electron chi connectivity index (χ1n) is 6.89. The molecule has 0 unspecified atom stereocenters. The summed E-state index contributed by atoms with van der Waals surface area (Å²) in [5.74, 6) is 0.144. The summed E-state index contributed by atoms with van der Waals surface area (Å²) in [4.78, 5) is 14.6. The standard InChI is InChI=1S/C16H22BrNO2/c1-15(2)10-18(11-16(3,4)20-15)9-14(19)12-7-5-6-8-13(12)17/h5-8H,9-11H2,1-4H3. The van der Waals surface area contributed by atoms with Crippen LogP contribution in [0.3, 0.4) is 0 Å². The highest BCUT2D eigenvalue weighted by Gasteiger charge is 2.38. The van der Waals surface area contributed by atoms with Crippen LogP contribution in [0.1, 0.15) is 38.1 Å². The fourth-order valence-electron chi connectivity index (χ4n) is 3.03. The van der Waals surface area contributed by atoms with E-state index in [4.69, 9.17) is 4.74 Å². The van der Waals surface area contributed by atoms with Crippen LogP contribution >= 0.6 is 15.9 Å². The summed E-state index contributed by atoms with van der Waals surface area (Å²) in [5.41, 5.74) is 0.293. The van der Waals surface area contributed by atoms with Gasteiger partial charge in [-0.1, -0.05) is 34.1 Å². The zero-order chi connectivity index (χ0) is 15.0. The Morgan fingerprint density at radius 3 is 2.30 bits per heavy atom. The van der Waals surface area contributed by atoms with Gasteiger partial charge in [0.05, 0.1) is 17.7 Å². The maximum atomic E-state index is 12.4. The fourth-order valence-corrected chi connectivity index (χ4v) is 3.54. The zero-order valence-electron chi connectivity index (χ0n) is 12.6. The van der Waals surface area contributed by atoms with Gasteiger partial charge in [0.2, 0.25) is 0 Å².